The van der Waals surface area contributed by atoms with E-state index in [1.807, 2.05) is 13.1 Å². The van der Waals surface area contributed by atoms with E-state index in [4.69, 9.17) is 0 Å². The molecule has 0 aliphatic heterocycles. The summed E-state index contributed by atoms with van der Waals surface area (Å²) in [5, 5.41) is 14.0. The highest BCUT2D eigenvalue weighted by atomic mass is 16.2. The largest absolute Gasteiger partial charge is 0.331 e. The molecular weight excluding hydrogens is 270 g/mol. The normalized spacial score (nSPS) is 14.8. The second-order valence-corrected chi connectivity index (χ2v) is 5.31. The van der Waals surface area contributed by atoms with Crippen molar-refractivity contribution in [3.63, 3.8) is 0 Å². The number of urea groups is 1. The van der Waals surface area contributed by atoms with Crippen LogP contribution in [0.3, 0.4) is 0 Å². The molecule has 1 fully saturated rings. The number of hydrogen-bond donors (Lipinski definition) is 2. The lowest BCUT2D eigenvalue weighted by atomic mass is 9.83. The molecule has 8 heteroatoms. The Hall–Kier alpha value is -2.38. The van der Waals surface area contributed by atoms with Gasteiger partial charge in [0.1, 0.15) is 18.0 Å². The van der Waals surface area contributed by atoms with E-state index in [0.717, 1.165) is 5.69 Å². The molecule has 2 amide bonds. The Morgan fingerprint density at radius 1 is 1.38 bits per heavy atom. The van der Waals surface area contributed by atoms with Crippen LogP contribution < -0.4 is 10.6 Å². The molecule has 0 spiro atoms. The molecule has 1 aliphatic carbocycles. The third kappa shape index (κ3) is 2.88. The molecule has 8 nitrogen and oxygen atoms in total. The average molecular weight is 289 g/mol. The first-order chi connectivity index (χ1) is 10.1. The molecule has 0 aromatic carbocycles. The molecule has 1 aliphatic rings. The van der Waals surface area contributed by atoms with Crippen LogP contribution in [0.15, 0.2) is 12.4 Å². The van der Waals surface area contributed by atoms with Crippen molar-refractivity contribution in [2.75, 3.05) is 5.32 Å². The molecule has 1 saturated carbocycles. The maximum atomic E-state index is 11.9. The van der Waals surface area contributed by atoms with Gasteiger partial charge in [-0.1, -0.05) is 6.42 Å². The summed E-state index contributed by atoms with van der Waals surface area (Å²) in [6, 6.07) is 1.67. The van der Waals surface area contributed by atoms with Gasteiger partial charge in [0.25, 0.3) is 0 Å². The fourth-order valence-corrected chi connectivity index (χ4v) is 2.31. The molecule has 21 heavy (non-hydrogen) atoms. The van der Waals surface area contributed by atoms with E-state index in [1.165, 1.54) is 25.6 Å². The number of hydrogen-bond acceptors (Lipinski definition) is 4. The number of rotatable bonds is 4. The smallest absolute Gasteiger partial charge is 0.320 e. The van der Waals surface area contributed by atoms with Crippen molar-refractivity contribution in [3.8, 4) is 0 Å². The molecule has 0 saturated heterocycles. The minimum absolute atomic E-state index is 0.277. The fraction of sp³-hybridized carbons (Fsp3) is 0.538. The van der Waals surface area contributed by atoms with Gasteiger partial charge in [-0.05, 0) is 12.8 Å². The maximum absolute atomic E-state index is 11.9. The van der Waals surface area contributed by atoms with Crippen LogP contribution >= 0.6 is 0 Å². The molecular formula is C13H19N7O. The van der Waals surface area contributed by atoms with Crippen molar-refractivity contribution in [2.45, 2.75) is 31.7 Å². The third-order valence-corrected chi connectivity index (χ3v) is 3.88. The standard InChI is InChI=1S/C13H19N7O/c1-19-12(15-8-16-19)7-14-13(21)17-11-6-10(18-20(11)2)9-4-3-5-9/h6,8-9H,3-5,7H2,1-2H3,(H2,14,17,21). The van der Waals surface area contributed by atoms with Crippen LogP contribution in [-0.4, -0.2) is 30.6 Å². The number of aromatic nitrogens is 5. The molecule has 0 bridgehead atoms. The average Bonchev–Trinajstić information content (AvgIpc) is 2.92. The molecule has 0 atom stereocenters. The summed E-state index contributed by atoms with van der Waals surface area (Å²) in [5.74, 6) is 1.95. The van der Waals surface area contributed by atoms with Gasteiger partial charge in [0.05, 0.1) is 12.2 Å². The van der Waals surface area contributed by atoms with Crippen LogP contribution in [0.4, 0.5) is 10.6 Å². The van der Waals surface area contributed by atoms with Crippen LogP contribution in [0.1, 0.15) is 36.7 Å². The van der Waals surface area contributed by atoms with Gasteiger partial charge in [-0.2, -0.15) is 10.2 Å². The van der Waals surface area contributed by atoms with E-state index < -0.39 is 0 Å². The molecule has 112 valence electrons. The quantitative estimate of drug-likeness (QED) is 0.883. The summed E-state index contributed by atoms with van der Waals surface area (Å²) in [5.41, 5.74) is 1.06. The Morgan fingerprint density at radius 3 is 2.81 bits per heavy atom. The van der Waals surface area contributed by atoms with Gasteiger partial charge in [-0.25, -0.2) is 9.78 Å². The molecule has 3 rings (SSSR count). The summed E-state index contributed by atoms with van der Waals surface area (Å²) in [6.45, 7) is 0.329. The lowest BCUT2D eigenvalue weighted by molar-refractivity contribution is 0.251. The van der Waals surface area contributed by atoms with Crippen molar-refractivity contribution in [3.05, 3.63) is 23.9 Å². The monoisotopic (exact) mass is 289 g/mol. The van der Waals surface area contributed by atoms with Crippen molar-refractivity contribution in [1.29, 1.82) is 0 Å². The summed E-state index contributed by atoms with van der Waals surface area (Å²) in [6.07, 6.45) is 5.10. The van der Waals surface area contributed by atoms with Gasteiger partial charge < -0.3 is 5.32 Å². The van der Waals surface area contributed by atoms with Gasteiger partial charge in [0.2, 0.25) is 0 Å². The topological polar surface area (TPSA) is 89.7 Å². The highest BCUT2D eigenvalue weighted by Crippen LogP contribution is 2.36. The Labute approximate surface area is 122 Å². The van der Waals surface area contributed by atoms with E-state index in [-0.39, 0.29) is 6.03 Å². The molecule has 0 radical (unpaired) electrons. The zero-order valence-corrected chi connectivity index (χ0v) is 12.2. The molecule has 2 heterocycles. The van der Waals surface area contributed by atoms with Gasteiger partial charge in [-0.15, -0.1) is 0 Å². The summed E-state index contributed by atoms with van der Waals surface area (Å²) in [7, 11) is 3.62. The summed E-state index contributed by atoms with van der Waals surface area (Å²) >= 11 is 0. The Kier molecular flexibility index (Phi) is 3.59. The summed E-state index contributed by atoms with van der Waals surface area (Å²) < 4.78 is 3.33. The zero-order valence-electron chi connectivity index (χ0n) is 12.2. The number of aryl methyl sites for hydroxylation is 2. The van der Waals surface area contributed by atoms with Crippen LogP contribution in [0.5, 0.6) is 0 Å². The minimum Gasteiger partial charge on any atom is -0.331 e. The second-order valence-electron chi connectivity index (χ2n) is 5.31. The van der Waals surface area contributed by atoms with Crippen molar-refractivity contribution in [1.82, 2.24) is 29.9 Å². The first-order valence-electron chi connectivity index (χ1n) is 7.05. The number of nitrogens with zero attached hydrogens (tertiary/aromatic N) is 5. The van der Waals surface area contributed by atoms with Gasteiger partial charge in [-0.3, -0.25) is 14.7 Å². The number of carbonyl (C=O) groups is 1. The predicted molar refractivity (Wildman–Crippen MR) is 76.7 cm³/mol. The van der Waals surface area contributed by atoms with Gasteiger partial charge in [0, 0.05) is 26.1 Å². The first-order valence-corrected chi connectivity index (χ1v) is 7.05. The molecule has 2 N–H and O–H groups in total. The van der Waals surface area contributed by atoms with Crippen LogP contribution in [0.25, 0.3) is 0 Å². The van der Waals surface area contributed by atoms with E-state index in [2.05, 4.69) is 25.8 Å². The number of carbonyl (C=O) groups excluding carboxylic acids is 1. The maximum Gasteiger partial charge on any atom is 0.320 e. The van der Waals surface area contributed by atoms with Crippen LogP contribution in [0.2, 0.25) is 0 Å². The van der Waals surface area contributed by atoms with Gasteiger partial charge in [0.15, 0.2) is 0 Å². The van der Waals surface area contributed by atoms with Crippen molar-refractivity contribution in [2.24, 2.45) is 14.1 Å². The molecule has 2 aromatic heterocycles. The minimum atomic E-state index is -0.277. The number of nitrogens with one attached hydrogen (secondary N) is 2. The lowest BCUT2D eigenvalue weighted by Crippen LogP contribution is -2.30. The van der Waals surface area contributed by atoms with E-state index in [1.54, 1.807) is 16.4 Å². The van der Waals surface area contributed by atoms with Crippen molar-refractivity contribution >= 4 is 11.8 Å². The summed E-state index contributed by atoms with van der Waals surface area (Å²) in [4.78, 5) is 16.0. The predicted octanol–water partition coefficient (Wildman–Crippen LogP) is 1.14. The van der Waals surface area contributed by atoms with E-state index in [9.17, 15) is 4.79 Å². The SMILES string of the molecule is Cn1nc(C2CCC2)cc1NC(=O)NCc1ncnn1C. The highest BCUT2D eigenvalue weighted by Gasteiger charge is 2.23. The highest BCUT2D eigenvalue weighted by molar-refractivity contribution is 5.88. The second kappa shape index (κ2) is 5.55. The fourth-order valence-electron chi connectivity index (χ4n) is 2.31. The number of anilines is 1. The van der Waals surface area contributed by atoms with E-state index in [0.29, 0.717) is 24.1 Å². The molecule has 0 unspecified atom stereocenters. The zero-order chi connectivity index (χ0) is 14.8. The first kappa shape index (κ1) is 13.6. The van der Waals surface area contributed by atoms with Crippen LogP contribution in [-0.2, 0) is 20.6 Å². The van der Waals surface area contributed by atoms with Crippen LogP contribution in [0, 0.1) is 0 Å². The van der Waals surface area contributed by atoms with Gasteiger partial charge >= 0.3 is 6.03 Å². The van der Waals surface area contributed by atoms with E-state index >= 15 is 0 Å². The lowest BCUT2D eigenvalue weighted by Gasteiger charge is -2.22. The number of amides is 2. The molecule has 2 aromatic rings. The Bertz CT molecular complexity index is 641. The third-order valence-electron chi connectivity index (χ3n) is 3.88. The Morgan fingerprint density at radius 2 is 2.19 bits per heavy atom. The Balaban J connectivity index is 1.57. The van der Waals surface area contributed by atoms with Crippen molar-refractivity contribution < 1.29 is 4.79 Å².